The molecule has 0 heterocycles. The van der Waals surface area contributed by atoms with Crippen LogP contribution in [0, 0.1) is 5.92 Å². The predicted molar refractivity (Wildman–Crippen MR) is 34.8 cm³/mol. The van der Waals surface area contributed by atoms with E-state index in [1.807, 2.05) is 0 Å². The summed E-state index contributed by atoms with van der Waals surface area (Å²) in [5.41, 5.74) is 0. The van der Waals surface area contributed by atoms with Crippen LogP contribution < -0.4 is 0 Å². The molecule has 0 radical (unpaired) electrons. The van der Waals surface area contributed by atoms with Crippen LogP contribution >= 0.6 is 23.2 Å². The summed E-state index contributed by atoms with van der Waals surface area (Å²) in [6.07, 6.45) is 1.67. The zero-order valence-corrected chi connectivity index (χ0v) is 6.11. The van der Waals surface area contributed by atoms with Crippen LogP contribution in [-0.4, -0.2) is 15.4 Å². The van der Waals surface area contributed by atoms with Crippen molar-refractivity contribution >= 4 is 29.2 Å². The number of aliphatic carboxylic acids is 1. The summed E-state index contributed by atoms with van der Waals surface area (Å²) in [7, 11) is 0. The molecule has 0 aromatic heterocycles. The zero-order valence-electron chi connectivity index (χ0n) is 4.60. The van der Waals surface area contributed by atoms with Gasteiger partial charge in [-0.05, 0) is 12.8 Å². The molecule has 0 unspecified atom stereocenters. The van der Waals surface area contributed by atoms with Crippen molar-refractivity contribution in [1.29, 1.82) is 0 Å². The predicted octanol–water partition coefficient (Wildman–Crippen LogP) is 1.65. The average molecular weight is 169 g/mol. The van der Waals surface area contributed by atoms with E-state index in [1.165, 1.54) is 0 Å². The average Bonchev–Trinajstić information content (AvgIpc) is 2.42. The number of carbonyl (C=O) groups is 1. The van der Waals surface area contributed by atoms with E-state index in [4.69, 9.17) is 28.3 Å². The summed E-state index contributed by atoms with van der Waals surface area (Å²) in [5, 5.41) is 8.39. The first-order chi connectivity index (χ1) is 4.05. The minimum atomic E-state index is -1.53. The minimum absolute atomic E-state index is 0.0293. The smallest absolute Gasteiger partial charge is 0.340 e. The quantitative estimate of drug-likeness (QED) is 0.638. The molecule has 0 atom stereocenters. The van der Waals surface area contributed by atoms with Gasteiger partial charge in [0.2, 0.25) is 4.33 Å². The summed E-state index contributed by atoms with van der Waals surface area (Å²) in [4.78, 5) is 10.2. The van der Waals surface area contributed by atoms with Crippen molar-refractivity contribution in [2.75, 3.05) is 0 Å². The molecule has 1 aliphatic carbocycles. The van der Waals surface area contributed by atoms with Gasteiger partial charge in [-0.1, -0.05) is 23.2 Å². The number of alkyl halides is 2. The second-order valence-electron chi connectivity index (χ2n) is 2.20. The molecule has 1 aliphatic rings. The molecule has 4 heteroatoms. The van der Waals surface area contributed by atoms with Gasteiger partial charge in [0.15, 0.2) is 0 Å². The third kappa shape index (κ3) is 1.30. The zero-order chi connectivity index (χ0) is 7.07. The van der Waals surface area contributed by atoms with E-state index in [0.717, 1.165) is 12.8 Å². The third-order valence-corrected chi connectivity index (χ3v) is 2.32. The molecule has 9 heavy (non-hydrogen) atoms. The van der Waals surface area contributed by atoms with Crippen molar-refractivity contribution < 1.29 is 9.90 Å². The fourth-order valence-corrected chi connectivity index (χ4v) is 1.06. The van der Waals surface area contributed by atoms with Crippen molar-refractivity contribution in [3.63, 3.8) is 0 Å². The second-order valence-corrected chi connectivity index (χ2v) is 3.59. The topological polar surface area (TPSA) is 37.3 Å². The van der Waals surface area contributed by atoms with Crippen LogP contribution in [0.3, 0.4) is 0 Å². The van der Waals surface area contributed by atoms with Crippen LogP contribution in [0.4, 0.5) is 0 Å². The van der Waals surface area contributed by atoms with Crippen LogP contribution in [0.5, 0.6) is 0 Å². The summed E-state index contributed by atoms with van der Waals surface area (Å²) in [6.45, 7) is 0. The van der Waals surface area contributed by atoms with Gasteiger partial charge >= 0.3 is 5.97 Å². The molecule has 0 amide bonds. The number of carboxylic acids is 1. The number of hydrogen-bond acceptors (Lipinski definition) is 1. The maximum absolute atomic E-state index is 10.2. The highest BCUT2D eigenvalue weighted by Crippen LogP contribution is 2.46. The first-order valence-corrected chi connectivity index (χ1v) is 3.42. The van der Waals surface area contributed by atoms with Crippen LogP contribution in [0.1, 0.15) is 12.8 Å². The molecule has 0 spiro atoms. The Balaban J connectivity index is 2.59. The Morgan fingerprint density at radius 1 is 1.56 bits per heavy atom. The van der Waals surface area contributed by atoms with Gasteiger partial charge in [-0.2, -0.15) is 0 Å². The molecule has 1 fully saturated rings. The molecule has 0 aromatic carbocycles. The molecule has 52 valence electrons. The molecule has 1 saturated carbocycles. The molecule has 0 bridgehead atoms. The molecule has 0 aromatic rings. The van der Waals surface area contributed by atoms with E-state index < -0.39 is 10.3 Å². The largest absolute Gasteiger partial charge is 0.479 e. The van der Waals surface area contributed by atoms with Gasteiger partial charge in [-0.15, -0.1) is 0 Å². The van der Waals surface area contributed by atoms with Gasteiger partial charge in [0.1, 0.15) is 0 Å². The normalized spacial score (nSPS) is 19.8. The van der Waals surface area contributed by atoms with Crippen molar-refractivity contribution in [2.24, 2.45) is 5.92 Å². The summed E-state index contributed by atoms with van der Waals surface area (Å²) < 4.78 is -1.53. The van der Waals surface area contributed by atoms with Crippen LogP contribution in [0.25, 0.3) is 0 Å². The monoisotopic (exact) mass is 168 g/mol. The molecule has 0 aliphatic heterocycles. The fourth-order valence-electron chi connectivity index (χ4n) is 0.621. The van der Waals surface area contributed by atoms with Gasteiger partial charge in [0.05, 0.1) is 0 Å². The molecular weight excluding hydrogens is 163 g/mol. The van der Waals surface area contributed by atoms with E-state index in [9.17, 15) is 4.79 Å². The van der Waals surface area contributed by atoms with Gasteiger partial charge in [0, 0.05) is 5.92 Å². The Morgan fingerprint density at radius 3 is 2.11 bits per heavy atom. The maximum atomic E-state index is 10.2. The van der Waals surface area contributed by atoms with Crippen LogP contribution in [0.2, 0.25) is 0 Å². The highest BCUT2D eigenvalue weighted by atomic mass is 35.5. The van der Waals surface area contributed by atoms with Crippen molar-refractivity contribution in [3.8, 4) is 0 Å². The Hall–Kier alpha value is 0.0500. The van der Waals surface area contributed by atoms with E-state index in [-0.39, 0.29) is 5.92 Å². The molecule has 0 saturated heterocycles. The van der Waals surface area contributed by atoms with Gasteiger partial charge in [-0.3, -0.25) is 0 Å². The lowest BCUT2D eigenvalue weighted by atomic mass is 10.3. The van der Waals surface area contributed by atoms with E-state index >= 15 is 0 Å². The minimum Gasteiger partial charge on any atom is -0.479 e. The standard InChI is InChI=1S/C5H6Cl2O2/c6-5(7,4(8)9)3-1-2-3/h3H,1-2H2,(H,8,9). The molecule has 1 rings (SSSR count). The fraction of sp³-hybridized carbons (Fsp3) is 0.800. The molecule has 2 nitrogen and oxygen atoms in total. The van der Waals surface area contributed by atoms with Crippen molar-refractivity contribution in [3.05, 3.63) is 0 Å². The number of rotatable bonds is 2. The number of halogens is 2. The summed E-state index contributed by atoms with van der Waals surface area (Å²) in [6, 6.07) is 0. The highest BCUT2D eigenvalue weighted by molar-refractivity contribution is 6.57. The van der Waals surface area contributed by atoms with Gasteiger partial charge in [-0.25, -0.2) is 4.79 Å². The van der Waals surface area contributed by atoms with Crippen LogP contribution in [-0.2, 0) is 4.79 Å². The second kappa shape index (κ2) is 2.03. The summed E-state index contributed by atoms with van der Waals surface area (Å²) >= 11 is 10.9. The third-order valence-electron chi connectivity index (χ3n) is 1.38. The SMILES string of the molecule is O=C(O)C(Cl)(Cl)C1CC1. The van der Waals surface area contributed by atoms with Gasteiger partial charge in [0.25, 0.3) is 0 Å². The maximum Gasteiger partial charge on any atom is 0.340 e. The van der Waals surface area contributed by atoms with Gasteiger partial charge < -0.3 is 5.11 Å². The highest BCUT2D eigenvalue weighted by Gasteiger charge is 2.48. The Labute approximate surface area is 62.8 Å². The first-order valence-electron chi connectivity index (χ1n) is 2.66. The Morgan fingerprint density at radius 2 is 2.00 bits per heavy atom. The lowest BCUT2D eigenvalue weighted by Crippen LogP contribution is -2.27. The van der Waals surface area contributed by atoms with E-state index in [1.54, 1.807) is 0 Å². The molecular formula is C5H6Cl2O2. The number of hydrogen-bond donors (Lipinski definition) is 1. The Kier molecular flexibility index (Phi) is 1.61. The van der Waals surface area contributed by atoms with Crippen molar-refractivity contribution in [2.45, 2.75) is 17.2 Å². The Bertz CT molecular complexity index is 140. The first kappa shape index (κ1) is 7.16. The number of carboxylic acid groups (broad SMARTS) is 1. The summed E-state index contributed by atoms with van der Waals surface area (Å²) in [5.74, 6) is -1.16. The van der Waals surface area contributed by atoms with E-state index in [2.05, 4.69) is 0 Å². The molecule has 1 N–H and O–H groups in total. The lowest BCUT2D eigenvalue weighted by molar-refractivity contribution is -0.138. The van der Waals surface area contributed by atoms with E-state index in [0.29, 0.717) is 0 Å². The van der Waals surface area contributed by atoms with Crippen molar-refractivity contribution in [1.82, 2.24) is 0 Å². The van der Waals surface area contributed by atoms with Crippen LogP contribution in [0.15, 0.2) is 0 Å². The lowest BCUT2D eigenvalue weighted by Gasteiger charge is -2.10.